The van der Waals surface area contributed by atoms with Crippen molar-refractivity contribution in [2.75, 3.05) is 16.5 Å². The highest BCUT2D eigenvalue weighted by molar-refractivity contribution is 5.76. The molecule has 0 spiro atoms. The maximum Gasteiger partial charge on any atom is 0.265 e. The molecule has 0 atom stereocenters. The minimum Gasteiger partial charge on any atom is -0.369 e. The number of nitrogen functional groups attached to an aromatic ring is 2. The van der Waals surface area contributed by atoms with Crippen LogP contribution in [-0.4, -0.2) is 20.9 Å². The van der Waals surface area contributed by atoms with E-state index < -0.39 is 5.96 Å². The van der Waals surface area contributed by atoms with E-state index >= 15 is 0 Å². The lowest BCUT2D eigenvalue weighted by Crippen LogP contribution is -2.43. The molecule has 0 aromatic carbocycles. The maximum atomic E-state index is 8.69. The van der Waals surface area contributed by atoms with Gasteiger partial charge in [-0.3, -0.25) is 10.8 Å². The quantitative estimate of drug-likeness (QED) is 0.117. The van der Waals surface area contributed by atoms with Gasteiger partial charge in [0.1, 0.15) is 0 Å². The monoisotopic (exact) mass is 208 g/mol. The van der Waals surface area contributed by atoms with Crippen molar-refractivity contribution in [1.29, 1.82) is 10.7 Å². The number of rotatable bonds is 2. The average Bonchev–Trinajstić information content (AvgIpc) is 2.12. The van der Waals surface area contributed by atoms with E-state index in [2.05, 4.69) is 20.4 Å². The van der Waals surface area contributed by atoms with Crippen molar-refractivity contribution in [3.8, 4) is 6.19 Å². The molecule has 1 aromatic heterocycles. The van der Waals surface area contributed by atoms with Crippen molar-refractivity contribution in [1.82, 2.24) is 20.4 Å². The molecule has 0 aliphatic heterocycles. The summed E-state index contributed by atoms with van der Waals surface area (Å²) in [4.78, 5) is 10.8. The fourth-order valence-corrected chi connectivity index (χ4v) is 0.737. The summed E-state index contributed by atoms with van der Waals surface area (Å²) in [5.74, 6) is -0.863. The van der Waals surface area contributed by atoms with E-state index in [1.807, 2.05) is 0 Å². The molecular formula is C5H8N10. The van der Waals surface area contributed by atoms with Crippen LogP contribution in [0.15, 0.2) is 0 Å². The SMILES string of the molecule is N#CN(NC(=N)N)c1nc(N)nc(N)n1. The molecule has 0 bridgehead atoms. The molecule has 0 aliphatic rings. The molecule has 8 N–H and O–H groups in total. The molecule has 10 heteroatoms. The number of hydrazine groups is 1. The normalized spacial score (nSPS) is 9.00. The molecule has 0 unspecified atom stereocenters. The van der Waals surface area contributed by atoms with Gasteiger partial charge in [-0.25, -0.2) is 0 Å². The molecule has 10 nitrogen and oxygen atoms in total. The summed E-state index contributed by atoms with van der Waals surface area (Å²) in [5.41, 5.74) is 17.8. The summed E-state index contributed by atoms with van der Waals surface area (Å²) < 4.78 is 0. The van der Waals surface area contributed by atoms with Gasteiger partial charge in [0.25, 0.3) is 5.95 Å². The Balaban J connectivity index is 3.02. The average molecular weight is 208 g/mol. The second kappa shape index (κ2) is 3.92. The van der Waals surface area contributed by atoms with Crippen molar-refractivity contribution >= 4 is 23.8 Å². The van der Waals surface area contributed by atoms with Crippen LogP contribution in [0.1, 0.15) is 0 Å². The van der Waals surface area contributed by atoms with Gasteiger partial charge in [0.2, 0.25) is 24.0 Å². The van der Waals surface area contributed by atoms with E-state index in [4.69, 9.17) is 27.9 Å². The van der Waals surface area contributed by atoms with Crippen LogP contribution >= 0.6 is 0 Å². The third-order valence-corrected chi connectivity index (χ3v) is 1.19. The molecule has 0 saturated heterocycles. The van der Waals surface area contributed by atoms with Crippen LogP contribution in [0.5, 0.6) is 0 Å². The van der Waals surface area contributed by atoms with Crippen LogP contribution in [0, 0.1) is 16.9 Å². The van der Waals surface area contributed by atoms with E-state index in [9.17, 15) is 0 Å². The second-order valence-electron chi connectivity index (χ2n) is 2.31. The first-order chi connectivity index (χ1) is 7.02. The molecule has 0 radical (unpaired) electrons. The molecule has 1 rings (SSSR count). The minimum absolute atomic E-state index is 0.136. The minimum atomic E-state index is -0.450. The number of nitrogens with two attached hydrogens (primary N) is 3. The number of nitriles is 1. The molecule has 78 valence electrons. The van der Waals surface area contributed by atoms with Crippen LogP contribution in [0.2, 0.25) is 0 Å². The van der Waals surface area contributed by atoms with E-state index in [1.165, 1.54) is 0 Å². The fraction of sp³-hybridized carbons (Fsp3) is 0. The Morgan fingerprint density at radius 2 is 1.87 bits per heavy atom. The predicted octanol–water partition coefficient (Wildman–Crippen LogP) is -2.28. The van der Waals surface area contributed by atoms with Crippen LogP contribution in [0.3, 0.4) is 0 Å². The van der Waals surface area contributed by atoms with Gasteiger partial charge >= 0.3 is 0 Å². The molecule has 0 aliphatic carbocycles. The standard InChI is InChI=1S/C5H8N10/c6-1-15(14-2(7)8)5-12-3(9)11-4(10)13-5/h(H4,7,8,14)(H4,9,10,11,12,13). The first kappa shape index (κ1) is 10.3. The van der Waals surface area contributed by atoms with Crippen molar-refractivity contribution < 1.29 is 0 Å². The molecule has 0 saturated carbocycles. The zero-order chi connectivity index (χ0) is 11.4. The highest BCUT2D eigenvalue weighted by Crippen LogP contribution is 2.06. The van der Waals surface area contributed by atoms with Crippen molar-refractivity contribution in [2.45, 2.75) is 0 Å². The molecule has 0 fully saturated rings. The lowest BCUT2D eigenvalue weighted by Gasteiger charge is -2.13. The molecule has 0 amide bonds. The van der Waals surface area contributed by atoms with E-state index in [0.717, 1.165) is 5.01 Å². The zero-order valence-corrected chi connectivity index (χ0v) is 7.47. The predicted molar refractivity (Wildman–Crippen MR) is 51.8 cm³/mol. The van der Waals surface area contributed by atoms with Gasteiger partial charge in [0.05, 0.1) is 0 Å². The van der Waals surface area contributed by atoms with Crippen LogP contribution in [-0.2, 0) is 0 Å². The van der Waals surface area contributed by atoms with Gasteiger partial charge < -0.3 is 17.2 Å². The van der Waals surface area contributed by atoms with Gasteiger partial charge in [0.15, 0.2) is 0 Å². The van der Waals surface area contributed by atoms with Crippen LogP contribution < -0.4 is 27.6 Å². The summed E-state index contributed by atoms with van der Waals surface area (Å²) in [6.45, 7) is 0. The number of nitrogens with zero attached hydrogens (tertiary/aromatic N) is 5. The van der Waals surface area contributed by atoms with Crippen molar-refractivity contribution in [2.24, 2.45) is 5.73 Å². The van der Waals surface area contributed by atoms with Gasteiger partial charge in [-0.15, -0.1) is 0 Å². The van der Waals surface area contributed by atoms with E-state index in [-0.39, 0.29) is 17.8 Å². The largest absolute Gasteiger partial charge is 0.369 e. The highest BCUT2D eigenvalue weighted by atomic mass is 15.6. The van der Waals surface area contributed by atoms with Gasteiger partial charge in [0, 0.05) is 0 Å². The van der Waals surface area contributed by atoms with Crippen LogP contribution in [0.25, 0.3) is 0 Å². The topological polar surface area (TPSA) is 180 Å². The van der Waals surface area contributed by atoms with Crippen molar-refractivity contribution in [3.63, 3.8) is 0 Å². The number of aromatic nitrogens is 3. The molecule has 15 heavy (non-hydrogen) atoms. The van der Waals surface area contributed by atoms with Gasteiger partial charge in [-0.05, 0) is 0 Å². The van der Waals surface area contributed by atoms with Crippen LogP contribution in [0.4, 0.5) is 17.8 Å². The number of guanidine groups is 1. The zero-order valence-electron chi connectivity index (χ0n) is 7.47. The lowest BCUT2D eigenvalue weighted by molar-refractivity contribution is 0.858. The summed E-state index contributed by atoms with van der Waals surface area (Å²) in [5, 5.41) is 16.3. The third-order valence-electron chi connectivity index (χ3n) is 1.19. The number of anilines is 3. The highest BCUT2D eigenvalue weighted by Gasteiger charge is 2.11. The van der Waals surface area contributed by atoms with Crippen molar-refractivity contribution in [3.05, 3.63) is 0 Å². The number of hydrogen-bond acceptors (Lipinski definition) is 8. The van der Waals surface area contributed by atoms with Gasteiger partial charge in [-0.2, -0.15) is 25.2 Å². The van der Waals surface area contributed by atoms with Gasteiger partial charge in [-0.1, -0.05) is 0 Å². The summed E-state index contributed by atoms with van der Waals surface area (Å²) >= 11 is 0. The molecule has 1 aromatic rings. The summed E-state index contributed by atoms with van der Waals surface area (Å²) in [7, 11) is 0. The maximum absolute atomic E-state index is 8.69. The fourth-order valence-electron chi connectivity index (χ4n) is 0.737. The molecule has 1 heterocycles. The number of nitrogens with one attached hydrogen (secondary N) is 2. The summed E-state index contributed by atoms with van der Waals surface area (Å²) in [6, 6.07) is 0. The third kappa shape index (κ3) is 2.56. The van der Waals surface area contributed by atoms with E-state index in [0.29, 0.717) is 0 Å². The Morgan fingerprint density at radius 1 is 1.33 bits per heavy atom. The lowest BCUT2D eigenvalue weighted by atomic mass is 10.8. The summed E-state index contributed by atoms with van der Waals surface area (Å²) in [6.07, 6.45) is 1.64. The number of hydrogen-bond donors (Lipinski definition) is 5. The second-order valence-corrected chi connectivity index (χ2v) is 2.31. The Hall–Kier alpha value is -2.83. The molecular weight excluding hydrogens is 200 g/mol. The Labute approximate surface area is 84.2 Å². The first-order valence-corrected chi connectivity index (χ1v) is 3.60. The smallest absolute Gasteiger partial charge is 0.265 e. The Bertz CT molecular complexity index is 398. The van der Waals surface area contributed by atoms with E-state index in [1.54, 1.807) is 6.19 Å². The Morgan fingerprint density at radius 3 is 2.27 bits per heavy atom. The first-order valence-electron chi connectivity index (χ1n) is 3.60. The Kier molecular flexibility index (Phi) is 2.68.